The largest absolute Gasteiger partial charge is 0.307 e. The van der Waals surface area contributed by atoms with Gasteiger partial charge in [-0.1, -0.05) is 59.7 Å². The lowest BCUT2D eigenvalue weighted by Crippen LogP contribution is -2.53. The smallest absolute Gasteiger partial charge is 0.132 e. The molecule has 0 saturated carbocycles. The number of aryl methyl sites for hydroxylation is 2. The van der Waals surface area contributed by atoms with Crippen LogP contribution in [0.15, 0.2) is 29.4 Å². The third-order valence-corrected chi connectivity index (χ3v) is 6.23. The summed E-state index contributed by atoms with van der Waals surface area (Å²) in [6.07, 6.45) is 7.52. The van der Waals surface area contributed by atoms with E-state index in [9.17, 15) is 4.79 Å². The fraction of sp³-hybridized carbons (Fsp3) is 0.643. The van der Waals surface area contributed by atoms with Crippen LogP contribution in [0, 0.1) is 0 Å². The minimum atomic E-state index is 0.281. The lowest BCUT2D eigenvalue weighted by molar-refractivity contribution is -0.118. The Morgan fingerprint density at radius 2 is 1.84 bits per heavy atom. The Morgan fingerprint density at radius 1 is 1.12 bits per heavy atom. The zero-order valence-electron chi connectivity index (χ0n) is 21.8. The molecule has 1 saturated heterocycles. The summed E-state index contributed by atoms with van der Waals surface area (Å²) in [7, 11) is 0. The van der Waals surface area contributed by atoms with Gasteiger partial charge in [-0.05, 0) is 61.4 Å². The first-order valence-corrected chi connectivity index (χ1v) is 12.8. The molecule has 1 unspecified atom stereocenters. The lowest BCUT2D eigenvalue weighted by atomic mass is 9.96. The van der Waals surface area contributed by atoms with Crippen LogP contribution < -0.4 is 5.32 Å². The van der Waals surface area contributed by atoms with Crippen molar-refractivity contribution in [3.05, 3.63) is 41.1 Å². The van der Waals surface area contributed by atoms with Crippen molar-refractivity contribution in [2.75, 3.05) is 26.2 Å². The van der Waals surface area contributed by atoms with Crippen LogP contribution in [-0.4, -0.2) is 48.6 Å². The molecule has 32 heavy (non-hydrogen) atoms. The van der Waals surface area contributed by atoms with Gasteiger partial charge in [0.25, 0.3) is 0 Å². The number of hydrogen-bond acceptors (Lipinski definition) is 4. The number of carbonyl (C=O) groups is 1. The third kappa shape index (κ3) is 8.99. The molecule has 2 rings (SSSR count). The Balaban J connectivity index is 0.00000249. The quantitative estimate of drug-likeness (QED) is 0.423. The predicted octanol–water partition coefficient (Wildman–Crippen LogP) is 6.08. The molecule has 1 aliphatic rings. The van der Waals surface area contributed by atoms with Gasteiger partial charge in [-0.25, -0.2) is 0 Å². The molecule has 0 amide bonds. The minimum Gasteiger partial charge on any atom is -0.307 e. The molecule has 1 atom stereocenters. The molecule has 1 aromatic carbocycles. The van der Waals surface area contributed by atoms with Crippen LogP contribution in [0.1, 0.15) is 90.8 Å². The van der Waals surface area contributed by atoms with E-state index in [4.69, 9.17) is 4.99 Å². The van der Waals surface area contributed by atoms with E-state index in [1.54, 1.807) is 0 Å². The first-order chi connectivity index (χ1) is 15.5. The van der Waals surface area contributed by atoms with E-state index in [1.165, 1.54) is 22.3 Å². The number of hydrogen-bond donors (Lipinski definition) is 1. The summed E-state index contributed by atoms with van der Waals surface area (Å²) in [5.74, 6) is 0.370. The van der Waals surface area contributed by atoms with Gasteiger partial charge in [0.15, 0.2) is 0 Å². The number of aliphatic imine (C=N–C) groups is 1. The summed E-state index contributed by atoms with van der Waals surface area (Å²) in [5, 5.41) is 3.61. The molecular formula is C28H47N3O. The summed E-state index contributed by atoms with van der Waals surface area (Å²) in [6.45, 7) is 18.7. The van der Waals surface area contributed by atoms with E-state index in [2.05, 4.69) is 62.3 Å². The standard InChI is InChI=1S/C26H41N3O.C2H6/c1-6-21-12-13-24(17-22(21)7-2)23(8-3)18-28-20(5)26-19-29(16-14-27-26)15-10-11-25(30)9-4;1-2/h12-13,17-18,26-27H,6-11,14-16,19H2,1-5H3;1-2H3/b23-18+,28-20?;. The molecule has 0 aliphatic carbocycles. The molecule has 180 valence electrons. The zero-order valence-corrected chi connectivity index (χ0v) is 21.8. The van der Waals surface area contributed by atoms with Crippen LogP contribution in [0.3, 0.4) is 0 Å². The van der Waals surface area contributed by atoms with Crippen LogP contribution >= 0.6 is 0 Å². The Hall–Kier alpha value is -1.78. The molecule has 1 aromatic rings. The molecule has 1 aliphatic heterocycles. The number of piperazine rings is 1. The van der Waals surface area contributed by atoms with Gasteiger partial charge in [-0.15, -0.1) is 0 Å². The normalized spacial score (nSPS) is 17.7. The second kappa shape index (κ2) is 15.9. The number of Topliss-reactive ketones (excluding diaryl/α,β-unsaturated/α-hetero) is 1. The fourth-order valence-corrected chi connectivity index (χ4v) is 4.11. The Bertz CT molecular complexity index is 751. The number of rotatable bonds is 11. The SMILES string of the molecule is CC.CCC(=O)CCCN1CCNC(C(C)=N/C=C(\CC)c2ccc(CC)c(CC)c2)C1. The summed E-state index contributed by atoms with van der Waals surface area (Å²) in [6, 6.07) is 7.15. The van der Waals surface area contributed by atoms with E-state index in [-0.39, 0.29) is 6.04 Å². The minimum absolute atomic E-state index is 0.281. The molecule has 0 spiro atoms. The van der Waals surface area contributed by atoms with Crippen LogP contribution in [0.25, 0.3) is 5.57 Å². The van der Waals surface area contributed by atoms with Gasteiger partial charge in [-0.2, -0.15) is 0 Å². The van der Waals surface area contributed by atoms with Gasteiger partial charge >= 0.3 is 0 Å². The lowest BCUT2D eigenvalue weighted by Gasteiger charge is -2.33. The highest BCUT2D eigenvalue weighted by atomic mass is 16.1. The van der Waals surface area contributed by atoms with Gasteiger partial charge in [0.05, 0.1) is 6.04 Å². The maximum Gasteiger partial charge on any atom is 0.132 e. The van der Waals surface area contributed by atoms with E-state index in [1.807, 2.05) is 20.8 Å². The maximum atomic E-state index is 11.5. The molecule has 4 nitrogen and oxygen atoms in total. The molecular weight excluding hydrogens is 394 g/mol. The molecule has 1 N–H and O–H groups in total. The van der Waals surface area contributed by atoms with Crippen LogP contribution in [0.2, 0.25) is 0 Å². The highest BCUT2D eigenvalue weighted by Gasteiger charge is 2.21. The van der Waals surface area contributed by atoms with Crippen molar-refractivity contribution in [3.63, 3.8) is 0 Å². The van der Waals surface area contributed by atoms with Gasteiger partial charge in [0.1, 0.15) is 5.78 Å². The van der Waals surface area contributed by atoms with Crippen molar-refractivity contribution < 1.29 is 4.79 Å². The van der Waals surface area contributed by atoms with Gasteiger partial charge < -0.3 is 10.2 Å². The second-order valence-corrected chi connectivity index (χ2v) is 8.27. The average molecular weight is 442 g/mol. The van der Waals surface area contributed by atoms with Gasteiger partial charge in [0, 0.05) is 44.4 Å². The van der Waals surface area contributed by atoms with E-state index < -0.39 is 0 Å². The topological polar surface area (TPSA) is 44.7 Å². The van der Waals surface area contributed by atoms with E-state index >= 15 is 0 Å². The van der Waals surface area contributed by atoms with Crippen molar-refractivity contribution in [3.8, 4) is 0 Å². The Kier molecular flexibility index (Phi) is 14.1. The van der Waals surface area contributed by atoms with Crippen LogP contribution in [0.4, 0.5) is 0 Å². The number of carbonyl (C=O) groups excluding carboxylic acids is 1. The molecule has 4 heteroatoms. The molecule has 1 heterocycles. The third-order valence-electron chi connectivity index (χ3n) is 6.23. The summed E-state index contributed by atoms with van der Waals surface area (Å²) >= 11 is 0. The van der Waals surface area contributed by atoms with Crippen molar-refractivity contribution in [1.29, 1.82) is 0 Å². The van der Waals surface area contributed by atoms with Crippen molar-refractivity contribution >= 4 is 17.1 Å². The predicted molar refractivity (Wildman–Crippen MR) is 141 cm³/mol. The van der Waals surface area contributed by atoms with Crippen molar-refractivity contribution in [2.45, 2.75) is 93.0 Å². The maximum absolute atomic E-state index is 11.5. The van der Waals surface area contributed by atoms with E-state index in [0.717, 1.165) is 57.6 Å². The summed E-state index contributed by atoms with van der Waals surface area (Å²) < 4.78 is 0. The highest BCUT2D eigenvalue weighted by molar-refractivity contribution is 5.88. The van der Waals surface area contributed by atoms with Crippen LogP contribution in [-0.2, 0) is 17.6 Å². The Labute approximate surface area is 197 Å². The molecule has 0 bridgehead atoms. The van der Waals surface area contributed by atoms with E-state index in [0.29, 0.717) is 18.6 Å². The summed E-state index contributed by atoms with van der Waals surface area (Å²) in [5.41, 5.74) is 6.61. The van der Waals surface area contributed by atoms with Crippen molar-refractivity contribution in [2.24, 2.45) is 4.99 Å². The second-order valence-electron chi connectivity index (χ2n) is 8.27. The first-order valence-electron chi connectivity index (χ1n) is 12.8. The Morgan fingerprint density at radius 3 is 2.47 bits per heavy atom. The molecule has 1 fully saturated rings. The number of allylic oxidation sites excluding steroid dienone is 1. The van der Waals surface area contributed by atoms with Gasteiger partial charge in [0.2, 0.25) is 0 Å². The number of nitrogens with zero attached hydrogens (tertiary/aromatic N) is 2. The van der Waals surface area contributed by atoms with Crippen molar-refractivity contribution in [1.82, 2.24) is 10.2 Å². The van der Waals surface area contributed by atoms with Crippen LogP contribution in [0.5, 0.6) is 0 Å². The zero-order chi connectivity index (χ0) is 23.9. The monoisotopic (exact) mass is 441 g/mol. The summed E-state index contributed by atoms with van der Waals surface area (Å²) in [4.78, 5) is 18.9. The fourth-order valence-electron chi connectivity index (χ4n) is 4.11. The first kappa shape index (κ1) is 28.3. The molecule has 0 radical (unpaired) electrons. The highest BCUT2D eigenvalue weighted by Crippen LogP contribution is 2.22. The van der Waals surface area contributed by atoms with Gasteiger partial charge in [-0.3, -0.25) is 9.79 Å². The average Bonchev–Trinajstić information content (AvgIpc) is 2.85. The number of benzene rings is 1. The number of nitrogens with one attached hydrogen (secondary N) is 1. The number of ketones is 1. The molecule has 0 aromatic heterocycles.